The SMILES string of the molecule is c1ccc(-c2nc(-c3ccc4sc5ccccc5c4c3)nc(-n3c4ccc5ccccc5c4c4c5ccccc5ccc43)n2)cc1. The zero-order valence-electron chi connectivity index (χ0n) is 24.6. The highest BCUT2D eigenvalue weighted by molar-refractivity contribution is 7.25. The molecule has 0 aliphatic carbocycles. The van der Waals surface area contributed by atoms with Crippen molar-refractivity contribution in [2.75, 3.05) is 0 Å². The number of thiophene rings is 1. The average Bonchev–Trinajstić information content (AvgIpc) is 3.68. The predicted molar refractivity (Wildman–Crippen MR) is 193 cm³/mol. The zero-order chi connectivity index (χ0) is 30.2. The van der Waals surface area contributed by atoms with Crippen LogP contribution in [0.15, 0.2) is 146 Å². The normalized spacial score (nSPS) is 11.9. The van der Waals surface area contributed by atoms with Crippen molar-refractivity contribution in [1.82, 2.24) is 19.5 Å². The van der Waals surface area contributed by atoms with E-state index in [0.29, 0.717) is 17.6 Å². The van der Waals surface area contributed by atoms with Gasteiger partial charge in [-0.05, 0) is 57.9 Å². The summed E-state index contributed by atoms with van der Waals surface area (Å²) in [5.41, 5.74) is 4.06. The molecule has 0 fully saturated rings. The third-order valence-corrected chi connectivity index (χ3v) is 10.2. The molecule has 7 aromatic carbocycles. The van der Waals surface area contributed by atoms with Gasteiger partial charge in [-0.3, -0.25) is 4.57 Å². The zero-order valence-corrected chi connectivity index (χ0v) is 25.4. The van der Waals surface area contributed by atoms with Crippen LogP contribution < -0.4 is 0 Å². The molecule has 3 aromatic heterocycles. The highest BCUT2D eigenvalue weighted by Crippen LogP contribution is 2.41. The fourth-order valence-corrected chi connectivity index (χ4v) is 8.03. The topological polar surface area (TPSA) is 43.6 Å². The van der Waals surface area contributed by atoms with Gasteiger partial charge < -0.3 is 0 Å². The Morgan fingerprint density at radius 1 is 0.413 bits per heavy atom. The van der Waals surface area contributed by atoms with Gasteiger partial charge in [-0.1, -0.05) is 109 Å². The van der Waals surface area contributed by atoms with E-state index in [1.165, 1.54) is 52.5 Å². The van der Waals surface area contributed by atoms with Gasteiger partial charge in [0.2, 0.25) is 5.95 Å². The van der Waals surface area contributed by atoms with Crippen LogP contribution in [0.3, 0.4) is 0 Å². The smallest absolute Gasteiger partial charge is 0.238 e. The molecule has 0 N–H and O–H groups in total. The van der Waals surface area contributed by atoms with Crippen molar-refractivity contribution in [3.05, 3.63) is 146 Å². The summed E-state index contributed by atoms with van der Waals surface area (Å²) in [7, 11) is 0. The van der Waals surface area contributed by atoms with Crippen molar-refractivity contribution in [1.29, 1.82) is 0 Å². The maximum atomic E-state index is 5.25. The van der Waals surface area contributed by atoms with E-state index in [1.807, 2.05) is 29.5 Å². The van der Waals surface area contributed by atoms with E-state index in [9.17, 15) is 0 Å². The highest BCUT2D eigenvalue weighted by Gasteiger charge is 2.21. The van der Waals surface area contributed by atoms with E-state index < -0.39 is 0 Å². The van der Waals surface area contributed by atoms with Gasteiger partial charge in [0.05, 0.1) is 11.0 Å². The summed E-state index contributed by atoms with van der Waals surface area (Å²) in [6.07, 6.45) is 0. The van der Waals surface area contributed by atoms with Crippen LogP contribution in [0.25, 0.3) is 92.2 Å². The molecule has 0 aliphatic rings. The lowest BCUT2D eigenvalue weighted by molar-refractivity contribution is 0.954. The molecule has 0 saturated carbocycles. The Morgan fingerprint density at radius 3 is 1.67 bits per heavy atom. The molecule has 0 amide bonds. The fourth-order valence-electron chi connectivity index (χ4n) is 6.94. The Bertz CT molecular complexity index is 2720. The van der Waals surface area contributed by atoms with Crippen LogP contribution in [0, 0.1) is 0 Å². The summed E-state index contributed by atoms with van der Waals surface area (Å²) in [5.74, 6) is 1.90. The molecular weight excluding hydrogens is 581 g/mol. The second-order valence-corrected chi connectivity index (χ2v) is 12.7. The summed E-state index contributed by atoms with van der Waals surface area (Å²) < 4.78 is 4.75. The van der Waals surface area contributed by atoms with Crippen molar-refractivity contribution >= 4 is 74.9 Å². The Morgan fingerprint density at radius 2 is 0.978 bits per heavy atom. The van der Waals surface area contributed by atoms with Crippen LogP contribution in [0.5, 0.6) is 0 Å². The molecule has 5 heteroatoms. The van der Waals surface area contributed by atoms with E-state index in [2.05, 4.69) is 132 Å². The molecular formula is C41H24N4S. The summed E-state index contributed by atoms with van der Waals surface area (Å²) in [5, 5.41) is 9.73. The molecule has 4 nitrogen and oxygen atoms in total. The van der Waals surface area contributed by atoms with Gasteiger partial charge in [-0.15, -0.1) is 11.3 Å². The van der Waals surface area contributed by atoms with Gasteiger partial charge in [-0.2, -0.15) is 9.97 Å². The molecule has 0 unspecified atom stereocenters. The summed E-state index contributed by atoms with van der Waals surface area (Å²) in [4.78, 5) is 15.5. The Kier molecular flexibility index (Phi) is 5.41. The van der Waals surface area contributed by atoms with E-state index in [1.54, 1.807) is 0 Å². The van der Waals surface area contributed by atoms with Crippen molar-refractivity contribution in [2.24, 2.45) is 0 Å². The van der Waals surface area contributed by atoms with Crippen LogP contribution in [0.1, 0.15) is 0 Å². The molecule has 10 rings (SSSR count). The van der Waals surface area contributed by atoms with Gasteiger partial charge >= 0.3 is 0 Å². The lowest BCUT2D eigenvalue weighted by Gasteiger charge is -2.11. The van der Waals surface area contributed by atoms with Gasteiger partial charge in [0.15, 0.2) is 11.6 Å². The lowest BCUT2D eigenvalue weighted by atomic mass is 10.00. The van der Waals surface area contributed by atoms with Gasteiger partial charge in [0, 0.05) is 42.1 Å². The first-order valence-electron chi connectivity index (χ1n) is 15.4. The minimum Gasteiger partial charge on any atom is -0.278 e. The van der Waals surface area contributed by atoms with Crippen molar-refractivity contribution in [3.63, 3.8) is 0 Å². The Balaban J connectivity index is 1.32. The van der Waals surface area contributed by atoms with Crippen LogP contribution >= 0.6 is 11.3 Å². The third-order valence-electron chi connectivity index (χ3n) is 9.04. The molecule has 0 radical (unpaired) electrons. The van der Waals surface area contributed by atoms with E-state index in [0.717, 1.165) is 22.2 Å². The molecule has 0 saturated heterocycles. The van der Waals surface area contributed by atoms with Crippen LogP contribution in [-0.4, -0.2) is 19.5 Å². The fraction of sp³-hybridized carbons (Fsp3) is 0. The first-order chi connectivity index (χ1) is 22.8. The third kappa shape index (κ3) is 3.76. The van der Waals surface area contributed by atoms with Crippen molar-refractivity contribution < 1.29 is 0 Å². The largest absolute Gasteiger partial charge is 0.278 e. The van der Waals surface area contributed by atoms with Crippen molar-refractivity contribution in [3.8, 4) is 28.7 Å². The molecule has 46 heavy (non-hydrogen) atoms. The molecule has 0 atom stereocenters. The quantitative estimate of drug-likeness (QED) is 0.201. The Labute approximate surface area is 267 Å². The van der Waals surface area contributed by atoms with Crippen LogP contribution in [0.4, 0.5) is 0 Å². The first-order valence-corrected chi connectivity index (χ1v) is 16.2. The van der Waals surface area contributed by atoms with E-state index in [4.69, 9.17) is 15.0 Å². The molecule has 3 heterocycles. The molecule has 214 valence electrons. The second kappa shape index (κ2) is 9.80. The van der Waals surface area contributed by atoms with Crippen LogP contribution in [0.2, 0.25) is 0 Å². The standard InChI is InChI=1S/C41H24N4S/c1-2-12-27(13-3-1)39-42-40(28-20-23-36-32(24-28)31-16-8-9-17-35(31)46-36)44-41(43-39)45-33-21-18-25-10-4-6-14-29(25)37(33)38-30-15-7-5-11-26(30)19-22-34(38)45/h1-24H. The minimum absolute atomic E-state index is 0.602. The number of rotatable bonds is 3. The number of hydrogen-bond donors (Lipinski definition) is 0. The van der Waals surface area contributed by atoms with Gasteiger partial charge in [0.25, 0.3) is 0 Å². The number of aromatic nitrogens is 4. The molecule has 0 spiro atoms. The number of fused-ring (bicyclic) bond motifs is 10. The molecule has 10 aromatic rings. The van der Waals surface area contributed by atoms with Crippen LogP contribution in [-0.2, 0) is 0 Å². The summed E-state index contributed by atoms with van der Waals surface area (Å²) in [6.45, 7) is 0. The minimum atomic E-state index is 0.602. The average molecular weight is 605 g/mol. The maximum Gasteiger partial charge on any atom is 0.238 e. The highest BCUT2D eigenvalue weighted by atomic mass is 32.1. The van der Waals surface area contributed by atoms with E-state index in [-0.39, 0.29) is 0 Å². The number of benzene rings is 7. The summed E-state index contributed by atoms with van der Waals surface area (Å²) >= 11 is 1.81. The van der Waals surface area contributed by atoms with Gasteiger partial charge in [0.1, 0.15) is 0 Å². The first kappa shape index (κ1) is 25.4. The second-order valence-electron chi connectivity index (χ2n) is 11.7. The molecule has 0 bridgehead atoms. The van der Waals surface area contributed by atoms with Crippen molar-refractivity contribution in [2.45, 2.75) is 0 Å². The van der Waals surface area contributed by atoms with E-state index >= 15 is 0 Å². The number of nitrogens with zero attached hydrogens (tertiary/aromatic N) is 4. The van der Waals surface area contributed by atoms with Gasteiger partial charge in [-0.25, -0.2) is 4.98 Å². The maximum absolute atomic E-state index is 5.25. The monoisotopic (exact) mass is 604 g/mol. The molecule has 0 aliphatic heterocycles. The lowest BCUT2D eigenvalue weighted by Crippen LogP contribution is -2.06. The predicted octanol–water partition coefficient (Wildman–Crippen LogP) is 11.0. The summed E-state index contributed by atoms with van der Waals surface area (Å²) in [6, 6.07) is 51.4. The Hall–Kier alpha value is -5.91. The number of hydrogen-bond acceptors (Lipinski definition) is 4.